The first-order valence-electron chi connectivity index (χ1n) is 6.51. The van der Waals surface area contributed by atoms with Gasteiger partial charge in [0, 0.05) is 5.41 Å². The summed E-state index contributed by atoms with van der Waals surface area (Å²) < 4.78 is 0. The summed E-state index contributed by atoms with van der Waals surface area (Å²) in [5.74, 6) is 0.735. The van der Waals surface area contributed by atoms with Crippen LogP contribution in [-0.4, -0.2) is 5.78 Å². The second kappa shape index (κ2) is 5.99. The lowest BCUT2D eigenvalue weighted by atomic mass is 9.68. The third kappa shape index (κ3) is 2.73. The van der Waals surface area contributed by atoms with Crippen molar-refractivity contribution in [3.63, 3.8) is 0 Å². The molecule has 1 aliphatic carbocycles. The van der Waals surface area contributed by atoms with Crippen LogP contribution in [0.15, 0.2) is 22.2 Å². The highest BCUT2D eigenvalue weighted by atomic mass is 79.9. The molecule has 0 saturated carbocycles. The average Bonchev–Trinajstić information content (AvgIpc) is 2.59. The Morgan fingerprint density at radius 3 is 2.65 bits per heavy atom. The Morgan fingerprint density at radius 2 is 2.24 bits per heavy atom. The van der Waals surface area contributed by atoms with Crippen LogP contribution in [0.4, 0.5) is 0 Å². The predicted molar refractivity (Wildman–Crippen MR) is 77.2 cm³/mol. The van der Waals surface area contributed by atoms with Crippen molar-refractivity contribution >= 4 is 21.7 Å². The monoisotopic (exact) mass is 298 g/mol. The van der Waals surface area contributed by atoms with Gasteiger partial charge < -0.3 is 0 Å². The summed E-state index contributed by atoms with van der Waals surface area (Å²) in [5.41, 5.74) is 2.51. The summed E-state index contributed by atoms with van der Waals surface area (Å²) in [6, 6.07) is 0. The average molecular weight is 299 g/mol. The number of hydrogen-bond acceptors (Lipinski definition) is 1. The lowest BCUT2D eigenvalue weighted by molar-refractivity contribution is -0.114. The van der Waals surface area contributed by atoms with Crippen LogP contribution in [0.2, 0.25) is 0 Å². The predicted octanol–water partition coefficient (Wildman–Crippen LogP) is 5.02. The molecule has 1 rings (SSSR count). The van der Waals surface area contributed by atoms with Crippen LogP contribution in [0.25, 0.3) is 0 Å². The maximum absolute atomic E-state index is 11.8. The van der Waals surface area contributed by atoms with Gasteiger partial charge >= 0.3 is 0 Å². The highest BCUT2D eigenvalue weighted by molar-refractivity contribution is 9.11. The number of halogens is 1. The van der Waals surface area contributed by atoms with E-state index < -0.39 is 0 Å². The van der Waals surface area contributed by atoms with Crippen molar-refractivity contribution in [2.75, 3.05) is 0 Å². The molecule has 0 amide bonds. The molecular weight excluding hydrogens is 276 g/mol. The van der Waals surface area contributed by atoms with E-state index in [1.165, 1.54) is 5.57 Å². The highest BCUT2D eigenvalue weighted by Crippen LogP contribution is 2.51. The third-order valence-electron chi connectivity index (χ3n) is 4.09. The molecular formula is C15H23BrO. The van der Waals surface area contributed by atoms with Crippen molar-refractivity contribution < 1.29 is 4.79 Å². The summed E-state index contributed by atoms with van der Waals surface area (Å²) in [7, 11) is 0. The van der Waals surface area contributed by atoms with Gasteiger partial charge in [0.05, 0.1) is 0 Å². The zero-order valence-corrected chi connectivity index (χ0v) is 12.9. The Balaban J connectivity index is 3.09. The highest BCUT2D eigenvalue weighted by Gasteiger charge is 2.43. The first-order valence-corrected chi connectivity index (χ1v) is 7.43. The van der Waals surface area contributed by atoms with E-state index in [1.54, 1.807) is 6.92 Å². The van der Waals surface area contributed by atoms with Gasteiger partial charge in [-0.25, -0.2) is 0 Å². The van der Waals surface area contributed by atoms with Gasteiger partial charge in [-0.2, -0.15) is 0 Å². The van der Waals surface area contributed by atoms with Gasteiger partial charge in [-0.1, -0.05) is 54.8 Å². The smallest absolute Gasteiger partial charge is 0.156 e. The van der Waals surface area contributed by atoms with Crippen molar-refractivity contribution in [2.45, 2.75) is 53.4 Å². The van der Waals surface area contributed by atoms with Gasteiger partial charge in [-0.3, -0.25) is 4.79 Å². The maximum atomic E-state index is 11.8. The van der Waals surface area contributed by atoms with E-state index in [0.717, 1.165) is 31.3 Å². The third-order valence-corrected chi connectivity index (χ3v) is 4.67. The van der Waals surface area contributed by atoms with Gasteiger partial charge in [0.1, 0.15) is 0 Å². The fourth-order valence-corrected chi connectivity index (χ4v) is 3.89. The molecule has 0 heterocycles. The van der Waals surface area contributed by atoms with E-state index in [-0.39, 0.29) is 11.2 Å². The molecule has 2 heteroatoms. The van der Waals surface area contributed by atoms with Crippen LogP contribution in [0, 0.1) is 11.3 Å². The molecule has 1 nitrogen and oxygen atoms in total. The summed E-state index contributed by atoms with van der Waals surface area (Å²) >= 11 is 3.48. The Hall–Kier alpha value is -0.370. The molecule has 0 aliphatic heterocycles. The minimum absolute atomic E-state index is 0.0379. The molecule has 0 spiro atoms. The molecule has 1 aliphatic rings. The molecule has 0 fully saturated rings. The Kier molecular flexibility index (Phi) is 5.18. The number of allylic oxidation sites excluding steroid dienone is 3. The fraction of sp³-hybridized carbons (Fsp3) is 0.667. The molecule has 0 aromatic rings. The van der Waals surface area contributed by atoms with Crippen molar-refractivity contribution in [1.29, 1.82) is 0 Å². The van der Waals surface area contributed by atoms with Crippen LogP contribution in [-0.2, 0) is 4.79 Å². The van der Waals surface area contributed by atoms with E-state index in [0.29, 0.717) is 5.92 Å². The minimum atomic E-state index is 0.0379. The Morgan fingerprint density at radius 1 is 1.59 bits per heavy atom. The molecule has 2 atom stereocenters. The molecule has 2 unspecified atom stereocenters. The number of Topliss-reactive ketones (excluding diaryl/α,β-unsaturated/α-hetero) is 1. The van der Waals surface area contributed by atoms with Crippen molar-refractivity contribution in [1.82, 2.24) is 0 Å². The van der Waals surface area contributed by atoms with Crippen LogP contribution in [0.5, 0.6) is 0 Å². The molecule has 96 valence electrons. The van der Waals surface area contributed by atoms with Crippen LogP contribution in [0.3, 0.4) is 0 Å². The minimum Gasteiger partial charge on any atom is -0.295 e. The van der Waals surface area contributed by atoms with Crippen LogP contribution < -0.4 is 0 Å². The lowest BCUT2D eigenvalue weighted by Crippen LogP contribution is -2.29. The van der Waals surface area contributed by atoms with Gasteiger partial charge in [0.15, 0.2) is 5.78 Å². The zero-order chi connectivity index (χ0) is 13.1. The summed E-state index contributed by atoms with van der Waals surface area (Å²) in [4.78, 5) is 13.8. The Bertz CT molecular complexity index is 354. The van der Waals surface area contributed by atoms with E-state index >= 15 is 0 Å². The van der Waals surface area contributed by atoms with Crippen molar-refractivity contribution in [3.05, 3.63) is 22.2 Å². The first-order chi connectivity index (χ1) is 8.01. The molecule has 0 aromatic heterocycles. The van der Waals surface area contributed by atoms with E-state index in [4.69, 9.17) is 0 Å². The number of hydrogen-bond donors (Lipinski definition) is 0. The first kappa shape index (κ1) is 14.7. The number of rotatable bonds is 5. The largest absolute Gasteiger partial charge is 0.295 e. The fourth-order valence-electron chi connectivity index (χ4n) is 3.25. The number of carbonyl (C=O) groups is 1. The number of ketones is 1. The maximum Gasteiger partial charge on any atom is 0.156 e. The van der Waals surface area contributed by atoms with E-state index in [2.05, 4.69) is 47.8 Å². The van der Waals surface area contributed by atoms with Crippen LogP contribution >= 0.6 is 15.9 Å². The molecule has 0 radical (unpaired) electrons. The van der Waals surface area contributed by atoms with Gasteiger partial charge in [-0.05, 0) is 42.7 Å². The Labute approximate surface area is 113 Å². The van der Waals surface area contributed by atoms with Gasteiger partial charge in [0.2, 0.25) is 0 Å². The lowest BCUT2D eigenvalue weighted by Gasteiger charge is -2.35. The van der Waals surface area contributed by atoms with Gasteiger partial charge in [0.25, 0.3) is 0 Å². The van der Waals surface area contributed by atoms with Crippen molar-refractivity contribution in [3.8, 4) is 0 Å². The standard InChI is InChI=1S/C15H23BrO/c1-5-9-15(4)13(11(3)17)7-8-14(15)12(6-2)10-16/h7,10,14H,5-6,8-9H2,1-4H3/b12-10+. The van der Waals surface area contributed by atoms with E-state index in [1.807, 2.05) is 0 Å². The quantitative estimate of drug-likeness (QED) is 0.697. The zero-order valence-electron chi connectivity index (χ0n) is 11.3. The second-order valence-corrected chi connectivity index (χ2v) is 5.63. The van der Waals surface area contributed by atoms with E-state index in [9.17, 15) is 4.79 Å². The SMILES string of the molecule is CCCC1(C)C(C(C)=O)=CCC1/C(=C/Br)CC. The molecule has 0 aromatic carbocycles. The summed E-state index contributed by atoms with van der Waals surface area (Å²) in [5, 5.41) is 0. The molecule has 0 bridgehead atoms. The van der Waals surface area contributed by atoms with Gasteiger partial charge in [-0.15, -0.1) is 0 Å². The normalized spacial score (nSPS) is 29.4. The van der Waals surface area contributed by atoms with Crippen LogP contribution in [0.1, 0.15) is 53.4 Å². The molecule has 0 N–H and O–H groups in total. The molecule has 0 saturated heterocycles. The topological polar surface area (TPSA) is 17.1 Å². The summed E-state index contributed by atoms with van der Waals surface area (Å²) in [6.45, 7) is 8.34. The van der Waals surface area contributed by atoms with Crippen molar-refractivity contribution in [2.24, 2.45) is 11.3 Å². The number of carbonyl (C=O) groups excluding carboxylic acids is 1. The summed E-state index contributed by atoms with van der Waals surface area (Å²) in [6.07, 6.45) is 6.43. The second-order valence-electron chi connectivity index (χ2n) is 5.17. The molecule has 17 heavy (non-hydrogen) atoms.